The van der Waals surface area contributed by atoms with Gasteiger partial charge in [0, 0.05) is 35.2 Å². The highest BCUT2D eigenvalue weighted by atomic mass is 16.1. The molecular formula is C9H13N3O2. The molecule has 1 heterocycles. The summed E-state index contributed by atoms with van der Waals surface area (Å²) in [5.74, 6) is 0.181. The number of carbonyl (C=O) groups excluding carboxylic acids is 1. The molecule has 0 bridgehead atoms. The second-order valence-electron chi connectivity index (χ2n) is 2.41. The monoisotopic (exact) mass is 195 g/mol. The van der Waals surface area contributed by atoms with Gasteiger partial charge in [-0.25, -0.2) is 0 Å². The normalized spacial score (nSPS) is 7.64. The van der Waals surface area contributed by atoms with Gasteiger partial charge in [-0.2, -0.15) is 0 Å². The van der Waals surface area contributed by atoms with Crippen LogP contribution in [-0.2, 0) is 0 Å². The summed E-state index contributed by atoms with van der Waals surface area (Å²) in [6, 6.07) is 3.58. The van der Waals surface area contributed by atoms with Crippen LogP contribution in [0.2, 0.25) is 0 Å². The number of hydrogen-bond donors (Lipinski definition) is 0. The van der Waals surface area contributed by atoms with Crippen LogP contribution in [0.3, 0.4) is 0 Å². The van der Waals surface area contributed by atoms with E-state index < -0.39 is 0 Å². The fourth-order valence-corrected chi connectivity index (χ4v) is 0.899. The van der Waals surface area contributed by atoms with Gasteiger partial charge in [0.1, 0.15) is 0 Å². The van der Waals surface area contributed by atoms with E-state index >= 15 is 0 Å². The predicted molar refractivity (Wildman–Crippen MR) is 50.5 cm³/mol. The third kappa shape index (κ3) is 4.95. The van der Waals surface area contributed by atoms with Crippen LogP contribution in [0.1, 0.15) is 30.1 Å². The van der Waals surface area contributed by atoms with Gasteiger partial charge in [-0.3, -0.25) is 9.78 Å². The lowest BCUT2D eigenvalue weighted by Crippen LogP contribution is -1.97. The van der Waals surface area contributed by atoms with Crippen LogP contribution in [0.4, 0.5) is 0 Å². The van der Waals surface area contributed by atoms with E-state index in [0.717, 1.165) is 6.42 Å². The summed E-state index contributed by atoms with van der Waals surface area (Å²) in [7, 11) is 0. The zero-order valence-electron chi connectivity index (χ0n) is 7.97. The largest absolute Gasteiger partial charge is 0.412 e. The number of rotatable bonds is 3. The molecule has 1 aromatic heterocycles. The number of aromatic nitrogens is 1. The summed E-state index contributed by atoms with van der Waals surface area (Å²) >= 11 is 0. The number of hydrogen-bond acceptors (Lipinski definition) is 4. The molecule has 1 rings (SSSR count). The van der Waals surface area contributed by atoms with Crippen LogP contribution in [0.15, 0.2) is 24.5 Å². The Morgan fingerprint density at radius 2 is 2.14 bits per heavy atom. The predicted octanol–water partition coefficient (Wildman–Crippen LogP) is 1.27. The SMILES string of the molecule is CCCC(=O)c1cccnc1.N#N.O. The first-order valence-corrected chi connectivity index (χ1v) is 3.98. The van der Waals surface area contributed by atoms with E-state index in [1.54, 1.807) is 24.5 Å². The van der Waals surface area contributed by atoms with Gasteiger partial charge < -0.3 is 5.48 Å². The van der Waals surface area contributed by atoms with E-state index in [0.29, 0.717) is 12.0 Å². The van der Waals surface area contributed by atoms with Gasteiger partial charge in [-0.1, -0.05) is 6.92 Å². The molecular weight excluding hydrogens is 182 g/mol. The molecule has 0 unspecified atom stereocenters. The fraction of sp³-hybridized carbons (Fsp3) is 0.333. The maximum atomic E-state index is 11.2. The third-order valence-corrected chi connectivity index (χ3v) is 1.46. The average molecular weight is 195 g/mol. The smallest absolute Gasteiger partial charge is 0.164 e. The Hall–Kier alpha value is -1.80. The molecule has 2 N–H and O–H groups in total. The molecule has 0 aliphatic heterocycles. The number of pyridine rings is 1. The van der Waals surface area contributed by atoms with Crippen LogP contribution < -0.4 is 0 Å². The second kappa shape index (κ2) is 9.29. The third-order valence-electron chi connectivity index (χ3n) is 1.46. The Bertz CT molecular complexity index is 272. The standard InChI is InChI=1S/C9H11NO.N2.H2O/c1-2-4-9(11)8-5-3-6-10-7-8;1-2;/h3,5-7H,2,4H2,1H3;;1H2. The van der Waals surface area contributed by atoms with Crippen molar-refractivity contribution in [3.63, 3.8) is 0 Å². The molecule has 0 amide bonds. The molecule has 14 heavy (non-hydrogen) atoms. The molecule has 0 saturated heterocycles. The van der Waals surface area contributed by atoms with E-state index in [1.807, 2.05) is 6.92 Å². The Labute approximate surface area is 82.5 Å². The molecule has 0 fully saturated rings. The zero-order chi connectivity index (χ0) is 10.1. The van der Waals surface area contributed by atoms with E-state index in [-0.39, 0.29) is 11.3 Å². The highest BCUT2D eigenvalue weighted by molar-refractivity contribution is 5.95. The van der Waals surface area contributed by atoms with Gasteiger partial charge in [-0.15, -0.1) is 0 Å². The number of Topliss-reactive ketones (excluding diaryl/α,β-unsaturated/α-hetero) is 1. The minimum atomic E-state index is 0. The van der Waals surface area contributed by atoms with Gasteiger partial charge in [0.05, 0.1) is 0 Å². The summed E-state index contributed by atoms with van der Waals surface area (Å²) in [5, 5.41) is 12.0. The molecule has 0 aliphatic rings. The number of carbonyl (C=O) groups is 1. The van der Waals surface area contributed by atoms with E-state index in [1.165, 1.54) is 0 Å². The van der Waals surface area contributed by atoms with Crippen molar-refractivity contribution in [1.82, 2.24) is 4.98 Å². The Morgan fingerprint density at radius 3 is 2.57 bits per heavy atom. The lowest BCUT2D eigenvalue weighted by molar-refractivity contribution is 0.0981. The van der Waals surface area contributed by atoms with E-state index in [9.17, 15) is 4.79 Å². The van der Waals surface area contributed by atoms with Crippen LogP contribution in [-0.4, -0.2) is 16.2 Å². The molecule has 1 aromatic rings. The molecule has 0 spiro atoms. The summed E-state index contributed by atoms with van der Waals surface area (Å²) in [6.45, 7) is 1.99. The zero-order valence-corrected chi connectivity index (χ0v) is 7.97. The molecule has 0 radical (unpaired) electrons. The first kappa shape index (κ1) is 14.7. The summed E-state index contributed by atoms with van der Waals surface area (Å²) in [6.07, 6.45) is 4.79. The Balaban J connectivity index is 0. The maximum Gasteiger partial charge on any atom is 0.164 e. The van der Waals surface area contributed by atoms with Crippen molar-refractivity contribution in [2.45, 2.75) is 19.8 Å². The molecule has 5 heteroatoms. The van der Waals surface area contributed by atoms with Crippen LogP contribution >= 0.6 is 0 Å². The van der Waals surface area contributed by atoms with Crippen molar-refractivity contribution in [2.24, 2.45) is 0 Å². The van der Waals surface area contributed by atoms with E-state index in [2.05, 4.69) is 4.98 Å². The summed E-state index contributed by atoms with van der Waals surface area (Å²) in [5.41, 5.74) is 0.717. The molecule has 5 nitrogen and oxygen atoms in total. The average Bonchev–Trinajstić information content (AvgIpc) is 2.23. The second-order valence-corrected chi connectivity index (χ2v) is 2.41. The summed E-state index contributed by atoms with van der Waals surface area (Å²) < 4.78 is 0. The highest BCUT2D eigenvalue weighted by Crippen LogP contribution is 2.02. The molecule has 76 valence electrons. The minimum absolute atomic E-state index is 0. The maximum absolute atomic E-state index is 11.2. The van der Waals surface area contributed by atoms with Crippen molar-refractivity contribution >= 4 is 5.78 Å². The number of nitrogens with zero attached hydrogens (tertiary/aromatic N) is 3. The molecule has 0 saturated carbocycles. The first-order valence-electron chi connectivity index (χ1n) is 3.98. The van der Waals surface area contributed by atoms with E-state index in [4.69, 9.17) is 10.8 Å². The quantitative estimate of drug-likeness (QED) is 0.534. The van der Waals surface area contributed by atoms with Crippen LogP contribution in [0.25, 0.3) is 0 Å². The van der Waals surface area contributed by atoms with Crippen molar-refractivity contribution in [1.29, 1.82) is 10.8 Å². The fourth-order valence-electron chi connectivity index (χ4n) is 0.899. The molecule has 0 atom stereocenters. The van der Waals surface area contributed by atoms with Gasteiger partial charge in [0.25, 0.3) is 0 Å². The van der Waals surface area contributed by atoms with Crippen molar-refractivity contribution < 1.29 is 10.3 Å². The minimum Gasteiger partial charge on any atom is -0.412 e. The topological polar surface area (TPSA) is 109 Å². The van der Waals surface area contributed by atoms with Crippen LogP contribution in [0, 0.1) is 10.8 Å². The lowest BCUT2D eigenvalue weighted by Gasteiger charge is -1.95. The van der Waals surface area contributed by atoms with Crippen molar-refractivity contribution in [2.75, 3.05) is 0 Å². The van der Waals surface area contributed by atoms with Crippen LogP contribution in [0.5, 0.6) is 0 Å². The summed E-state index contributed by atoms with van der Waals surface area (Å²) in [4.78, 5) is 15.1. The van der Waals surface area contributed by atoms with Gasteiger partial charge in [0.2, 0.25) is 0 Å². The molecule has 0 aromatic carbocycles. The van der Waals surface area contributed by atoms with Crippen molar-refractivity contribution in [3.05, 3.63) is 30.1 Å². The lowest BCUT2D eigenvalue weighted by atomic mass is 10.1. The first-order chi connectivity index (χ1) is 6.34. The Morgan fingerprint density at radius 1 is 1.50 bits per heavy atom. The van der Waals surface area contributed by atoms with Gasteiger partial charge in [0.15, 0.2) is 5.78 Å². The van der Waals surface area contributed by atoms with Crippen molar-refractivity contribution in [3.8, 4) is 0 Å². The Kier molecular flexibility index (Phi) is 9.76. The van der Waals surface area contributed by atoms with Gasteiger partial charge >= 0.3 is 0 Å². The number of ketones is 1. The van der Waals surface area contributed by atoms with Gasteiger partial charge in [-0.05, 0) is 18.6 Å². The molecule has 0 aliphatic carbocycles. The highest BCUT2D eigenvalue weighted by Gasteiger charge is 2.01.